The van der Waals surface area contributed by atoms with Crippen molar-refractivity contribution in [3.63, 3.8) is 0 Å². The number of hydrogen-bond donors (Lipinski definition) is 2. The number of nitrogens with one attached hydrogen (secondary N) is 1. The van der Waals surface area contributed by atoms with Crippen molar-refractivity contribution in [2.75, 3.05) is 19.0 Å². The SMILES string of the molecule is COc1cccc(NC(N)=NCC(C)c2cccc(C)c2)c1. The number of benzene rings is 2. The molecule has 3 N–H and O–H groups in total. The first-order chi connectivity index (χ1) is 10.6. The molecule has 0 aliphatic rings. The van der Waals surface area contributed by atoms with E-state index in [1.165, 1.54) is 11.1 Å². The summed E-state index contributed by atoms with van der Waals surface area (Å²) in [5.74, 6) is 1.52. The first-order valence-electron chi connectivity index (χ1n) is 7.36. The Morgan fingerprint density at radius 1 is 1.23 bits per heavy atom. The molecule has 4 heteroatoms. The molecule has 0 saturated heterocycles. The Kier molecular flexibility index (Phi) is 5.42. The van der Waals surface area contributed by atoms with Crippen LogP contribution in [0.2, 0.25) is 0 Å². The number of rotatable bonds is 5. The normalized spacial score (nSPS) is 12.8. The van der Waals surface area contributed by atoms with Crippen LogP contribution >= 0.6 is 0 Å². The monoisotopic (exact) mass is 297 g/mol. The standard InChI is InChI=1S/C18H23N3O/c1-13-6-4-7-15(10-13)14(2)12-20-18(19)21-16-8-5-9-17(11-16)22-3/h4-11,14H,12H2,1-3H3,(H3,19,20,21). The fourth-order valence-electron chi connectivity index (χ4n) is 2.21. The number of aliphatic imine (C=N–C) groups is 1. The van der Waals surface area contributed by atoms with Crippen molar-refractivity contribution >= 4 is 11.6 Å². The maximum Gasteiger partial charge on any atom is 0.193 e. The highest BCUT2D eigenvalue weighted by molar-refractivity contribution is 5.92. The van der Waals surface area contributed by atoms with Gasteiger partial charge < -0.3 is 15.8 Å². The summed E-state index contributed by atoms with van der Waals surface area (Å²) in [6, 6.07) is 16.1. The fraction of sp³-hybridized carbons (Fsp3) is 0.278. The summed E-state index contributed by atoms with van der Waals surface area (Å²) in [6.45, 7) is 4.89. The van der Waals surface area contributed by atoms with Gasteiger partial charge in [-0.2, -0.15) is 0 Å². The first kappa shape index (κ1) is 15.9. The van der Waals surface area contributed by atoms with E-state index in [1.807, 2.05) is 24.3 Å². The van der Waals surface area contributed by atoms with Gasteiger partial charge in [0.25, 0.3) is 0 Å². The summed E-state index contributed by atoms with van der Waals surface area (Å²) in [4.78, 5) is 4.42. The van der Waals surface area contributed by atoms with Gasteiger partial charge in [0.05, 0.1) is 7.11 Å². The molecule has 0 saturated carbocycles. The zero-order valence-corrected chi connectivity index (χ0v) is 13.3. The smallest absolute Gasteiger partial charge is 0.193 e. The van der Waals surface area contributed by atoms with Crippen LogP contribution in [0.3, 0.4) is 0 Å². The molecule has 0 spiro atoms. The Balaban J connectivity index is 1.97. The second kappa shape index (κ2) is 7.50. The number of nitrogens with two attached hydrogens (primary N) is 1. The van der Waals surface area contributed by atoms with Crippen LogP contribution in [0.15, 0.2) is 53.5 Å². The van der Waals surface area contributed by atoms with Crippen molar-refractivity contribution in [2.24, 2.45) is 10.7 Å². The van der Waals surface area contributed by atoms with Crippen molar-refractivity contribution in [2.45, 2.75) is 19.8 Å². The van der Waals surface area contributed by atoms with Gasteiger partial charge in [-0.3, -0.25) is 4.99 Å². The minimum Gasteiger partial charge on any atom is -0.497 e. The largest absolute Gasteiger partial charge is 0.497 e. The van der Waals surface area contributed by atoms with Gasteiger partial charge >= 0.3 is 0 Å². The van der Waals surface area contributed by atoms with Crippen LogP contribution < -0.4 is 15.8 Å². The van der Waals surface area contributed by atoms with Gasteiger partial charge in [-0.25, -0.2) is 0 Å². The van der Waals surface area contributed by atoms with Crippen LogP contribution in [0.4, 0.5) is 5.69 Å². The Hall–Kier alpha value is -2.49. The van der Waals surface area contributed by atoms with E-state index in [9.17, 15) is 0 Å². The number of anilines is 1. The third-order valence-corrected chi connectivity index (χ3v) is 3.49. The van der Waals surface area contributed by atoms with Crippen molar-refractivity contribution in [1.29, 1.82) is 0 Å². The summed E-state index contributed by atoms with van der Waals surface area (Å²) in [6.07, 6.45) is 0. The molecule has 0 bridgehead atoms. The number of guanidine groups is 1. The minimum atomic E-state index is 0.325. The zero-order chi connectivity index (χ0) is 15.9. The molecule has 0 fully saturated rings. The summed E-state index contributed by atoms with van der Waals surface area (Å²) < 4.78 is 5.18. The predicted octanol–water partition coefficient (Wildman–Crippen LogP) is 3.53. The second-order valence-electron chi connectivity index (χ2n) is 5.40. The van der Waals surface area contributed by atoms with E-state index in [0.29, 0.717) is 18.4 Å². The molecule has 22 heavy (non-hydrogen) atoms. The molecule has 0 heterocycles. The number of hydrogen-bond acceptors (Lipinski definition) is 2. The summed E-state index contributed by atoms with van der Waals surface area (Å²) >= 11 is 0. The Morgan fingerprint density at radius 2 is 2.00 bits per heavy atom. The maximum atomic E-state index is 5.95. The molecular formula is C18H23N3O. The highest BCUT2D eigenvalue weighted by Crippen LogP contribution is 2.18. The van der Waals surface area contributed by atoms with Crippen LogP contribution in [0.5, 0.6) is 5.75 Å². The lowest BCUT2D eigenvalue weighted by Gasteiger charge is -2.11. The molecule has 1 unspecified atom stereocenters. The van der Waals surface area contributed by atoms with Gasteiger partial charge in [-0.1, -0.05) is 42.8 Å². The summed E-state index contributed by atoms with van der Waals surface area (Å²) in [5, 5.41) is 3.08. The van der Waals surface area contributed by atoms with Crippen molar-refractivity contribution in [1.82, 2.24) is 0 Å². The van der Waals surface area contributed by atoms with Crippen molar-refractivity contribution in [3.05, 3.63) is 59.7 Å². The molecule has 2 aromatic rings. The Bertz CT molecular complexity index is 652. The molecular weight excluding hydrogens is 274 g/mol. The number of nitrogens with zero attached hydrogens (tertiary/aromatic N) is 1. The van der Waals surface area contributed by atoms with Gasteiger partial charge in [0, 0.05) is 24.2 Å². The first-order valence-corrected chi connectivity index (χ1v) is 7.36. The van der Waals surface area contributed by atoms with Gasteiger partial charge in [0.1, 0.15) is 5.75 Å². The van der Waals surface area contributed by atoms with Crippen LogP contribution in [-0.2, 0) is 0 Å². The lowest BCUT2D eigenvalue weighted by atomic mass is 10.00. The van der Waals surface area contributed by atoms with E-state index in [0.717, 1.165) is 11.4 Å². The average Bonchev–Trinajstić information content (AvgIpc) is 2.52. The Morgan fingerprint density at radius 3 is 2.73 bits per heavy atom. The van der Waals surface area contributed by atoms with Crippen molar-refractivity contribution < 1.29 is 4.74 Å². The summed E-state index contributed by atoms with van der Waals surface area (Å²) in [7, 11) is 1.64. The van der Waals surface area contributed by atoms with Crippen molar-refractivity contribution in [3.8, 4) is 5.75 Å². The third kappa shape index (κ3) is 4.52. The van der Waals surface area contributed by atoms with E-state index in [2.05, 4.69) is 48.4 Å². The van der Waals surface area contributed by atoms with Crippen LogP contribution in [0.25, 0.3) is 0 Å². The quantitative estimate of drug-likeness (QED) is 0.655. The van der Waals surface area contributed by atoms with E-state index in [1.54, 1.807) is 7.11 Å². The zero-order valence-electron chi connectivity index (χ0n) is 13.3. The average molecular weight is 297 g/mol. The fourth-order valence-corrected chi connectivity index (χ4v) is 2.21. The van der Waals surface area contributed by atoms with Crippen LogP contribution in [-0.4, -0.2) is 19.6 Å². The maximum absolute atomic E-state index is 5.95. The molecule has 0 aliphatic heterocycles. The molecule has 116 valence electrons. The van der Waals surface area contributed by atoms with Gasteiger partial charge in [-0.15, -0.1) is 0 Å². The van der Waals surface area contributed by atoms with E-state index >= 15 is 0 Å². The molecule has 0 radical (unpaired) electrons. The molecule has 4 nitrogen and oxygen atoms in total. The predicted molar refractivity (Wildman–Crippen MR) is 92.7 cm³/mol. The lowest BCUT2D eigenvalue weighted by Crippen LogP contribution is -2.23. The molecule has 0 aromatic heterocycles. The lowest BCUT2D eigenvalue weighted by molar-refractivity contribution is 0.415. The second-order valence-corrected chi connectivity index (χ2v) is 5.40. The topological polar surface area (TPSA) is 59.6 Å². The highest BCUT2D eigenvalue weighted by atomic mass is 16.5. The summed E-state index contributed by atoms with van der Waals surface area (Å²) in [5.41, 5.74) is 9.35. The van der Waals surface area contributed by atoms with Gasteiger partial charge in [0.15, 0.2) is 5.96 Å². The molecule has 1 atom stereocenters. The molecule has 0 amide bonds. The highest BCUT2D eigenvalue weighted by Gasteiger charge is 2.05. The third-order valence-electron chi connectivity index (χ3n) is 3.49. The minimum absolute atomic E-state index is 0.325. The van der Waals surface area contributed by atoms with Gasteiger partial charge in [-0.05, 0) is 24.6 Å². The number of methoxy groups -OCH3 is 1. The van der Waals surface area contributed by atoms with E-state index < -0.39 is 0 Å². The molecule has 0 aliphatic carbocycles. The number of aryl methyl sites for hydroxylation is 1. The van der Waals surface area contributed by atoms with Gasteiger partial charge in [0.2, 0.25) is 0 Å². The molecule has 2 aromatic carbocycles. The number of ether oxygens (including phenoxy) is 1. The Labute approximate surface area is 132 Å². The van der Waals surface area contributed by atoms with E-state index in [-0.39, 0.29) is 0 Å². The van der Waals surface area contributed by atoms with Crippen LogP contribution in [0.1, 0.15) is 24.0 Å². The van der Waals surface area contributed by atoms with E-state index in [4.69, 9.17) is 10.5 Å². The molecule has 2 rings (SSSR count). The van der Waals surface area contributed by atoms with Crippen LogP contribution in [0, 0.1) is 6.92 Å².